The van der Waals surface area contributed by atoms with Crippen molar-refractivity contribution >= 4 is 15.9 Å². The van der Waals surface area contributed by atoms with Gasteiger partial charge < -0.3 is 4.42 Å². The van der Waals surface area contributed by atoms with Crippen LogP contribution < -0.4 is 0 Å². The topological polar surface area (TPSA) is 67.6 Å². The fourth-order valence-electron chi connectivity index (χ4n) is 1.68. The second-order valence-electron chi connectivity index (χ2n) is 4.03. The lowest BCUT2D eigenvalue weighted by Gasteiger charge is -2.13. The summed E-state index contributed by atoms with van der Waals surface area (Å²) in [5, 5.41) is 0. The third kappa shape index (κ3) is 1.97. The van der Waals surface area contributed by atoms with E-state index in [0.29, 0.717) is 6.42 Å². The minimum absolute atomic E-state index is 0.0340. The standard InChI is InChI=1S/C10H13NO4S/c1-11(16(2,13)14)10(12)8-6-7(8)9-4-3-5-15-9/h3-5,7-8H,6H2,1-2H3/t7-,8-/m1/s1. The summed E-state index contributed by atoms with van der Waals surface area (Å²) in [5.41, 5.74) is 0. The molecule has 1 aromatic heterocycles. The minimum atomic E-state index is -3.45. The first-order valence-electron chi connectivity index (χ1n) is 4.92. The molecule has 1 amide bonds. The molecule has 16 heavy (non-hydrogen) atoms. The van der Waals surface area contributed by atoms with Crippen molar-refractivity contribution < 1.29 is 17.6 Å². The van der Waals surface area contributed by atoms with Crippen molar-refractivity contribution in [3.05, 3.63) is 24.2 Å². The van der Waals surface area contributed by atoms with Crippen LogP contribution in [0.3, 0.4) is 0 Å². The molecule has 0 radical (unpaired) electrons. The number of amides is 1. The number of carbonyl (C=O) groups is 1. The predicted molar refractivity (Wildman–Crippen MR) is 57.2 cm³/mol. The van der Waals surface area contributed by atoms with Crippen LogP contribution in [0.15, 0.2) is 22.8 Å². The molecule has 1 saturated carbocycles. The molecule has 1 fully saturated rings. The van der Waals surface area contributed by atoms with Gasteiger partial charge in [-0.3, -0.25) is 4.79 Å². The van der Waals surface area contributed by atoms with Gasteiger partial charge >= 0.3 is 0 Å². The van der Waals surface area contributed by atoms with E-state index in [-0.39, 0.29) is 17.7 Å². The summed E-state index contributed by atoms with van der Waals surface area (Å²) < 4.78 is 28.3. The molecule has 0 saturated heterocycles. The van der Waals surface area contributed by atoms with Crippen molar-refractivity contribution in [2.75, 3.05) is 13.3 Å². The molecule has 88 valence electrons. The van der Waals surface area contributed by atoms with E-state index in [2.05, 4.69) is 0 Å². The van der Waals surface area contributed by atoms with Crippen LogP contribution in [-0.4, -0.2) is 31.9 Å². The fourth-order valence-corrected chi connectivity index (χ4v) is 2.14. The van der Waals surface area contributed by atoms with Gasteiger partial charge in [-0.15, -0.1) is 0 Å². The minimum Gasteiger partial charge on any atom is -0.469 e. The molecule has 1 aliphatic rings. The zero-order valence-electron chi connectivity index (χ0n) is 9.08. The number of sulfonamides is 1. The Bertz CT molecular complexity index is 491. The SMILES string of the molecule is CN(C(=O)[C@@H]1C[C@H]1c1ccco1)S(C)(=O)=O. The summed E-state index contributed by atoms with van der Waals surface area (Å²) in [6.45, 7) is 0. The van der Waals surface area contributed by atoms with Gasteiger partial charge in [0.2, 0.25) is 15.9 Å². The lowest BCUT2D eigenvalue weighted by atomic mass is 10.2. The van der Waals surface area contributed by atoms with Gasteiger partial charge in [0.1, 0.15) is 5.76 Å². The van der Waals surface area contributed by atoms with Crippen LogP contribution >= 0.6 is 0 Å². The summed E-state index contributed by atoms with van der Waals surface area (Å²) in [6, 6.07) is 3.56. The third-order valence-corrected chi connectivity index (χ3v) is 4.00. The van der Waals surface area contributed by atoms with Gasteiger partial charge in [0.15, 0.2) is 0 Å². The molecule has 0 N–H and O–H groups in total. The number of rotatable bonds is 3. The van der Waals surface area contributed by atoms with Gasteiger partial charge in [0.05, 0.1) is 12.5 Å². The second kappa shape index (κ2) is 3.62. The smallest absolute Gasteiger partial charge is 0.239 e. The molecule has 5 nitrogen and oxygen atoms in total. The van der Waals surface area contributed by atoms with Gasteiger partial charge in [0, 0.05) is 18.9 Å². The largest absolute Gasteiger partial charge is 0.469 e. The van der Waals surface area contributed by atoms with Crippen LogP contribution in [0.2, 0.25) is 0 Å². The Kier molecular flexibility index (Phi) is 2.53. The van der Waals surface area contributed by atoms with E-state index >= 15 is 0 Å². The van der Waals surface area contributed by atoms with E-state index in [4.69, 9.17) is 4.42 Å². The fraction of sp³-hybridized carbons (Fsp3) is 0.500. The van der Waals surface area contributed by atoms with E-state index in [1.165, 1.54) is 7.05 Å². The highest BCUT2D eigenvalue weighted by Gasteiger charge is 2.48. The van der Waals surface area contributed by atoms with Gasteiger partial charge in [-0.2, -0.15) is 0 Å². The maximum atomic E-state index is 11.8. The highest BCUT2D eigenvalue weighted by Crippen LogP contribution is 2.48. The first-order valence-corrected chi connectivity index (χ1v) is 6.77. The number of hydrogen-bond donors (Lipinski definition) is 0. The number of hydrogen-bond acceptors (Lipinski definition) is 4. The number of furan rings is 1. The molecule has 1 aromatic rings. The van der Waals surface area contributed by atoms with E-state index in [1.54, 1.807) is 18.4 Å². The highest BCUT2D eigenvalue weighted by molar-refractivity contribution is 7.88. The zero-order chi connectivity index (χ0) is 11.9. The molecule has 2 rings (SSSR count). The van der Waals surface area contributed by atoms with Crippen LogP contribution in [0, 0.1) is 5.92 Å². The normalized spacial score (nSPS) is 24.1. The average Bonchev–Trinajstić information content (AvgIpc) is 2.81. The number of nitrogens with zero attached hydrogens (tertiary/aromatic N) is 1. The van der Waals surface area contributed by atoms with Crippen molar-refractivity contribution in [2.45, 2.75) is 12.3 Å². The molecule has 1 aliphatic carbocycles. The van der Waals surface area contributed by atoms with Crippen molar-refractivity contribution in [3.63, 3.8) is 0 Å². The molecular formula is C10H13NO4S. The molecule has 0 aromatic carbocycles. The monoisotopic (exact) mass is 243 g/mol. The molecule has 0 spiro atoms. The van der Waals surface area contributed by atoms with E-state index in [0.717, 1.165) is 16.3 Å². The Balaban J connectivity index is 2.05. The predicted octanol–water partition coefficient (Wildman–Crippen LogP) is 0.801. The van der Waals surface area contributed by atoms with Gasteiger partial charge in [0.25, 0.3) is 0 Å². The molecule has 0 aliphatic heterocycles. The van der Waals surface area contributed by atoms with E-state index < -0.39 is 10.0 Å². The first kappa shape index (κ1) is 11.2. The Hall–Kier alpha value is -1.30. The first-order chi connectivity index (χ1) is 7.41. The van der Waals surface area contributed by atoms with Crippen molar-refractivity contribution in [1.82, 2.24) is 4.31 Å². The second-order valence-corrected chi connectivity index (χ2v) is 6.05. The quantitative estimate of drug-likeness (QED) is 0.787. The van der Waals surface area contributed by atoms with Crippen LogP contribution in [0.5, 0.6) is 0 Å². The van der Waals surface area contributed by atoms with Crippen molar-refractivity contribution in [2.24, 2.45) is 5.92 Å². The maximum Gasteiger partial charge on any atom is 0.239 e. The average molecular weight is 243 g/mol. The lowest BCUT2D eigenvalue weighted by molar-refractivity contribution is -0.127. The molecule has 0 bridgehead atoms. The van der Waals surface area contributed by atoms with E-state index in [9.17, 15) is 13.2 Å². The summed E-state index contributed by atoms with van der Waals surface area (Å²) in [6.07, 6.45) is 3.23. The van der Waals surface area contributed by atoms with Gasteiger partial charge in [-0.1, -0.05) is 0 Å². The van der Waals surface area contributed by atoms with Crippen LogP contribution in [0.4, 0.5) is 0 Å². The lowest BCUT2D eigenvalue weighted by Crippen LogP contribution is -2.33. The van der Waals surface area contributed by atoms with Gasteiger partial charge in [-0.25, -0.2) is 12.7 Å². The van der Waals surface area contributed by atoms with Crippen LogP contribution in [0.25, 0.3) is 0 Å². The summed E-state index contributed by atoms with van der Waals surface area (Å²) in [5.74, 6) is 0.168. The highest BCUT2D eigenvalue weighted by atomic mass is 32.2. The summed E-state index contributed by atoms with van der Waals surface area (Å²) >= 11 is 0. The van der Waals surface area contributed by atoms with Gasteiger partial charge in [-0.05, 0) is 18.6 Å². The molecule has 6 heteroatoms. The summed E-state index contributed by atoms with van der Waals surface area (Å²) in [4.78, 5) is 11.8. The molecule has 0 unspecified atom stereocenters. The maximum absolute atomic E-state index is 11.8. The molecule has 2 atom stereocenters. The summed E-state index contributed by atoms with van der Waals surface area (Å²) in [7, 11) is -2.16. The molecule has 1 heterocycles. The number of carbonyl (C=O) groups excluding carboxylic acids is 1. The van der Waals surface area contributed by atoms with Crippen LogP contribution in [-0.2, 0) is 14.8 Å². The Morgan fingerprint density at radius 2 is 2.25 bits per heavy atom. The Morgan fingerprint density at radius 1 is 1.56 bits per heavy atom. The Morgan fingerprint density at radius 3 is 2.75 bits per heavy atom. The third-order valence-electron chi connectivity index (χ3n) is 2.82. The Labute approximate surface area is 94.1 Å². The molecular weight excluding hydrogens is 230 g/mol. The van der Waals surface area contributed by atoms with Crippen molar-refractivity contribution in [1.29, 1.82) is 0 Å². The van der Waals surface area contributed by atoms with Crippen LogP contribution in [0.1, 0.15) is 18.1 Å². The zero-order valence-corrected chi connectivity index (χ0v) is 9.90. The van der Waals surface area contributed by atoms with E-state index in [1.807, 2.05) is 0 Å². The van der Waals surface area contributed by atoms with Crippen molar-refractivity contribution in [3.8, 4) is 0 Å².